The Morgan fingerprint density at radius 1 is 0.867 bits per heavy atom. The molecule has 0 saturated carbocycles. The van der Waals surface area contributed by atoms with Crippen LogP contribution in [0.1, 0.15) is 30.4 Å². The lowest BCUT2D eigenvalue weighted by Crippen LogP contribution is -2.34. The van der Waals surface area contributed by atoms with Crippen LogP contribution in [0.25, 0.3) is 0 Å². The van der Waals surface area contributed by atoms with E-state index < -0.39 is 11.7 Å². The Labute approximate surface area is 181 Å². The van der Waals surface area contributed by atoms with E-state index in [1.807, 2.05) is 5.38 Å². The third-order valence-electron chi connectivity index (χ3n) is 4.04. The lowest BCUT2D eigenvalue weighted by Gasteiger charge is -2.09. The molecular weight excluding hydrogens is 429 g/mol. The summed E-state index contributed by atoms with van der Waals surface area (Å²) >= 11 is 7.23. The van der Waals surface area contributed by atoms with Crippen LogP contribution in [0.5, 0.6) is 0 Å². The van der Waals surface area contributed by atoms with Gasteiger partial charge in [0.1, 0.15) is 5.82 Å². The van der Waals surface area contributed by atoms with Gasteiger partial charge in [-0.05, 0) is 47.8 Å². The molecule has 0 aliphatic heterocycles. The fourth-order valence-electron chi connectivity index (χ4n) is 2.56. The van der Waals surface area contributed by atoms with Crippen molar-refractivity contribution in [3.63, 3.8) is 0 Å². The molecule has 3 aromatic rings. The first kappa shape index (κ1) is 21.5. The molecule has 3 rings (SSSR count). The molecule has 1 aromatic heterocycles. The number of hydrogen-bond acceptors (Lipinski definition) is 4. The van der Waals surface area contributed by atoms with E-state index in [9.17, 15) is 18.8 Å². The van der Waals surface area contributed by atoms with Crippen LogP contribution in [0.3, 0.4) is 0 Å². The van der Waals surface area contributed by atoms with Gasteiger partial charge in [0, 0.05) is 24.3 Å². The van der Waals surface area contributed by atoms with Crippen LogP contribution in [0, 0.1) is 5.82 Å². The largest absolute Gasteiger partial charge is 0.350 e. The summed E-state index contributed by atoms with van der Waals surface area (Å²) in [5.74, 6) is -1.91. The topological polar surface area (TPSA) is 87.3 Å². The van der Waals surface area contributed by atoms with Gasteiger partial charge in [-0.25, -0.2) is 4.39 Å². The summed E-state index contributed by atoms with van der Waals surface area (Å²) < 4.78 is 13.8. The highest BCUT2D eigenvalue weighted by atomic mass is 35.5. The quantitative estimate of drug-likeness (QED) is 0.481. The van der Waals surface area contributed by atoms with Gasteiger partial charge in [-0.3, -0.25) is 14.4 Å². The van der Waals surface area contributed by atoms with Gasteiger partial charge in [-0.1, -0.05) is 23.7 Å². The summed E-state index contributed by atoms with van der Waals surface area (Å²) in [6.45, 7) is 0.556. The van der Waals surface area contributed by atoms with Crippen molar-refractivity contribution in [2.75, 3.05) is 18.4 Å². The molecule has 0 atom stereocenters. The highest BCUT2D eigenvalue weighted by Crippen LogP contribution is 2.20. The monoisotopic (exact) mass is 445 g/mol. The predicted molar refractivity (Wildman–Crippen MR) is 115 cm³/mol. The normalized spacial score (nSPS) is 10.3. The molecule has 1 heterocycles. The second kappa shape index (κ2) is 10.00. The van der Waals surface area contributed by atoms with E-state index in [2.05, 4.69) is 16.0 Å². The third-order valence-corrected chi connectivity index (χ3v) is 5.22. The molecule has 0 bridgehead atoms. The van der Waals surface area contributed by atoms with Gasteiger partial charge in [-0.2, -0.15) is 0 Å². The molecule has 30 heavy (non-hydrogen) atoms. The SMILES string of the molecule is O=C(NCCNC(=O)c1cccs1)c1ccc(NC(=O)c2c(F)cccc2Cl)cc1. The summed E-state index contributed by atoms with van der Waals surface area (Å²) in [7, 11) is 0. The number of hydrogen-bond donors (Lipinski definition) is 3. The van der Waals surface area contributed by atoms with Crippen LogP contribution in [-0.4, -0.2) is 30.8 Å². The van der Waals surface area contributed by atoms with Crippen molar-refractivity contribution in [2.24, 2.45) is 0 Å². The van der Waals surface area contributed by atoms with E-state index in [4.69, 9.17) is 11.6 Å². The van der Waals surface area contributed by atoms with Crippen molar-refractivity contribution in [1.82, 2.24) is 10.6 Å². The molecule has 0 fully saturated rings. The summed E-state index contributed by atoms with van der Waals surface area (Å²) in [4.78, 5) is 36.8. The minimum atomic E-state index is -0.720. The van der Waals surface area contributed by atoms with Gasteiger partial charge in [0.25, 0.3) is 17.7 Å². The number of amides is 3. The van der Waals surface area contributed by atoms with Crippen LogP contribution in [0.4, 0.5) is 10.1 Å². The molecule has 0 saturated heterocycles. The lowest BCUT2D eigenvalue weighted by atomic mass is 10.1. The predicted octanol–water partition coefficient (Wildman–Crippen LogP) is 3.95. The fraction of sp³-hybridized carbons (Fsp3) is 0.0952. The average Bonchev–Trinajstić information content (AvgIpc) is 3.26. The Kier molecular flexibility index (Phi) is 7.16. The number of carbonyl (C=O) groups is 3. The lowest BCUT2D eigenvalue weighted by molar-refractivity contribution is 0.0929. The highest BCUT2D eigenvalue weighted by Gasteiger charge is 2.16. The van der Waals surface area contributed by atoms with Crippen molar-refractivity contribution >= 4 is 46.3 Å². The molecule has 154 valence electrons. The molecule has 9 heteroatoms. The number of anilines is 1. The van der Waals surface area contributed by atoms with Gasteiger partial charge in [0.05, 0.1) is 15.5 Å². The van der Waals surface area contributed by atoms with Crippen molar-refractivity contribution in [3.8, 4) is 0 Å². The van der Waals surface area contributed by atoms with Crippen molar-refractivity contribution < 1.29 is 18.8 Å². The molecule has 0 unspecified atom stereocenters. The van der Waals surface area contributed by atoms with E-state index in [0.717, 1.165) is 6.07 Å². The molecule has 0 radical (unpaired) electrons. The molecule has 6 nitrogen and oxygen atoms in total. The highest BCUT2D eigenvalue weighted by molar-refractivity contribution is 7.12. The maximum absolute atomic E-state index is 13.8. The smallest absolute Gasteiger partial charge is 0.261 e. The van der Waals surface area contributed by atoms with Gasteiger partial charge >= 0.3 is 0 Å². The van der Waals surface area contributed by atoms with Gasteiger partial charge in [0.2, 0.25) is 0 Å². The molecule has 0 aliphatic carbocycles. The molecular formula is C21H17ClFN3O3S. The first-order valence-electron chi connectivity index (χ1n) is 8.91. The minimum Gasteiger partial charge on any atom is -0.350 e. The number of nitrogens with one attached hydrogen (secondary N) is 3. The number of carbonyl (C=O) groups excluding carboxylic acids is 3. The van der Waals surface area contributed by atoms with E-state index in [1.54, 1.807) is 12.1 Å². The van der Waals surface area contributed by atoms with Crippen LogP contribution < -0.4 is 16.0 Å². The molecule has 3 amide bonds. The van der Waals surface area contributed by atoms with E-state index in [1.165, 1.54) is 47.7 Å². The second-order valence-corrected chi connectivity index (χ2v) is 7.47. The number of halogens is 2. The van der Waals surface area contributed by atoms with E-state index in [-0.39, 0.29) is 28.9 Å². The Bertz CT molecular complexity index is 1040. The van der Waals surface area contributed by atoms with Crippen LogP contribution in [0.2, 0.25) is 5.02 Å². The summed E-state index contributed by atoms with van der Waals surface area (Å²) in [6.07, 6.45) is 0. The minimum absolute atomic E-state index is 0.00895. The maximum atomic E-state index is 13.8. The fourth-order valence-corrected chi connectivity index (χ4v) is 3.45. The number of thiophene rings is 1. The third kappa shape index (κ3) is 5.43. The molecule has 0 spiro atoms. The standard InChI is InChI=1S/C21H17ClFN3O3S/c22-15-3-1-4-16(23)18(15)21(29)26-14-8-6-13(7-9-14)19(27)24-10-11-25-20(28)17-5-2-12-30-17/h1-9,12H,10-11H2,(H,24,27)(H,25,28)(H,26,29). The van der Waals surface area contributed by atoms with Crippen LogP contribution in [-0.2, 0) is 0 Å². The van der Waals surface area contributed by atoms with E-state index in [0.29, 0.717) is 22.7 Å². The molecule has 0 aliphatic rings. The molecule has 2 aromatic carbocycles. The maximum Gasteiger partial charge on any atom is 0.261 e. The number of rotatable bonds is 7. The van der Waals surface area contributed by atoms with Crippen LogP contribution >= 0.6 is 22.9 Å². The zero-order valence-electron chi connectivity index (χ0n) is 15.6. The Balaban J connectivity index is 1.49. The van der Waals surface area contributed by atoms with Gasteiger partial charge in [-0.15, -0.1) is 11.3 Å². The molecule has 3 N–H and O–H groups in total. The summed E-state index contributed by atoms with van der Waals surface area (Å²) in [5, 5.41) is 9.78. The van der Waals surface area contributed by atoms with Gasteiger partial charge in [0.15, 0.2) is 0 Å². The second-order valence-electron chi connectivity index (χ2n) is 6.12. The van der Waals surface area contributed by atoms with Gasteiger partial charge < -0.3 is 16.0 Å². The first-order valence-corrected chi connectivity index (χ1v) is 10.2. The van der Waals surface area contributed by atoms with Crippen molar-refractivity contribution in [2.45, 2.75) is 0 Å². The van der Waals surface area contributed by atoms with Crippen LogP contribution in [0.15, 0.2) is 60.0 Å². The van der Waals surface area contributed by atoms with Crippen molar-refractivity contribution in [1.29, 1.82) is 0 Å². The summed E-state index contributed by atoms with van der Waals surface area (Å²) in [5.41, 5.74) is 0.520. The zero-order valence-corrected chi connectivity index (χ0v) is 17.1. The first-order chi connectivity index (χ1) is 14.5. The van der Waals surface area contributed by atoms with E-state index >= 15 is 0 Å². The zero-order chi connectivity index (χ0) is 21.5. The summed E-state index contributed by atoms with van der Waals surface area (Å²) in [6, 6.07) is 13.6. The van der Waals surface area contributed by atoms with Crippen molar-refractivity contribution in [3.05, 3.63) is 86.8 Å². The average molecular weight is 446 g/mol. The Morgan fingerprint density at radius 2 is 1.57 bits per heavy atom. The Morgan fingerprint density at radius 3 is 2.20 bits per heavy atom. The Hall–Kier alpha value is -3.23. The number of benzene rings is 2.